The Hall–Kier alpha value is -2.33. The third-order valence-electron chi connectivity index (χ3n) is 2.88. The molecule has 0 radical (unpaired) electrons. The molecule has 94 valence electrons. The molecule has 3 rings (SSSR count). The van der Waals surface area contributed by atoms with Gasteiger partial charge >= 0.3 is 5.97 Å². The molecular weight excluding hydrogens is 264 g/mol. The average molecular weight is 273 g/mol. The molecule has 0 amide bonds. The highest BCUT2D eigenvalue weighted by molar-refractivity contribution is 6.30. The lowest BCUT2D eigenvalue weighted by atomic mass is 10.2. The fourth-order valence-electron chi connectivity index (χ4n) is 1.93. The summed E-state index contributed by atoms with van der Waals surface area (Å²) < 4.78 is 1.76. The normalized spacial score (nSPS) is 10.8. The lowest BCUT2D eigenvalue weighted by Crippen LogP contribution is -1.99. The van der Waals surface area contributed by atoms with Crippen LogP contribution in [0.15, 0.2) is 48.8 Å². The number of imidazole rings is 1. The van der Waals surface area contributed by atoms with E-state index in [2.05, 4.69) is 4.98 Å². The minimum atomic E-state index is -0.961. The monoisotopic (exact) mass is 272 g/mol. The van der Waals surface area contributed by atoms with Gasteiger partial charge in [0.25, 0.3) is 0 Å². The molecule has 0 saturated heterocycles. The summed E-state index contributed by atoms with van der Waals surface area (Å²) in [7, 11) is 0. The van der Waals surface area contributed by atoms with Gasteiger partial charge in [-0.3, -0.25) is 4.40 Å². The second-order valence-electron chi connectivity index (χ2n) is 4.11. The largest absolute Gasteiger partial charge is 0.478 e. The zero-order valence-electron chi connectivity index (χ0n) is 9.75. The lowest BCUT2D eigenvalue weighted by molar-refractivity contribution is 0.0696. The molecule has 19 heavy (non-hydrogen) atoms. The van der Waals surface area contributed by atoms with Gasteiger partial charge < -0.3 is 5.11 Å². The third kappa shape index (κ3) is 2.06. The van der Waals surface area contributed by atoms with E-state index in [-0.39, 0.29) is 5.56 Å². The smallest absolute Gasteiger partial charge is 0.337 e. The van der Waals surface area contributed by atoms with Crippen molar-refractivity contribution in [2.75, 3.05) is 0 Å². The van der Waals surface area contributed by atoms with Gasteiger partial charge in [0.05, 0.1) is 17.3 Å². The van der Waals surface area contributed by atoms with Gasteiger partial charge in [-0.05, 0) is 36.4 Å². The Balaban J connectivity index is 2.21. The number of carboxylic acids is 1. The second kappa shape index (κ2) is 4.40. The van der Waals surface area contributed by atoms with E-state index < -0.39 is 5.97 Å². The average Bonchev–Trinajstić information content (AvgIpc) is 2.82. The number of aromatic carboxylic acids is 1. The first-order chi connectivity index (χ1) is 9.15. The molecule has 2 aromatic heterocycles. The molecule has 0 aliphatic rings. The minimum Gasteiger partial charge on any atom is -0.478 e. The molecule has 0 fully saturated rings. The van der Waals surface area contributed by atoms with Crippen LogP contribution in [0.25, 0.3) is 16.9 Å². The molecular formula is C14H9ClN2O2. The number of hydrogen-bond donors (Lipinski definition) is 1. The van der Waals surface area contributed by atoms with Crippen molar-refractivity contribution in [1.29, 1.82) is 0 Å². The van der Waals surface area contributed by atoms with Gasteiger partial charge in [0.15, 0.2) is 0 Å². The number of pyridine rings is 1. The summed E-state index contributed by atoms with van der Waals surface area (Å²) in [5, 5.41) is 9.68. The van der Waals surface area contributed by atoms with Crippen LogP contribution in [0.5, 0.6) is 0 Å². The Bertz CT molecular complexity index is 763. The highest BCUT2D eigenvalue weighted by atomic mass is 35.5. The number of benzene rings is 1. The summed E-state index contributed by atoms with van der Waals surface area (Å²) in [6.45, 7) is 0. The van der Waals surface area contributed by atoms with E-state index >= 15 is 0 Å². The SMILES string of the molecule is O=C(O)c1ccc2cnc(-c3ccc(Cl)cc3)n2c1. The van der Waals surface area contributed by atoms with Gasteiger partial charge in [-0.1, -0.05) is 11.6 Å². The van der Waals surface area contributed by atoms with Gasteiger partial charge in [0.1, 0.15) is 5.82 Å². The number of aromatic nitrogens is 2. The van der Waals surface area contributed by atoms with Crippen LogP contribution in [-0.4, -0.2) is 20.5 Å². The minimum absolute atomic E-state index is 0.223. The number of fused-ring (bicyclic) bond motifs is 1. The first-order valence-electron chi connectivity index (χ1n) is 5.61. The van der Waals surface area contributed by atoms with Gasteiger partial charge in [-0.25, -0.2) is 9.78 Å². The Morgan fingerprint density at radius 1 is 1.16 bits per heavy atom. The van der Waals surface area contributed by atoms with E-state index in [1.165, 1.54) is 0 Å². The number of nitrogens with zero attached hydrogens (tertiary/aromatic N) is 2. The zero-order chi connectivity index (χ0) is 13.4. The van der Waals surface area contributed by atoms with Crippen molar-refractivity contribution >= 4 is 23.1 Å². The van der Waals surface area contributed by atoms with Crippen LogP contribution < -0.4 is 0 Å². The first-order valence-corrected chi connectivity index (χ1v) is 5.99. The molecule has 0 bridgehead atoms. The maximum absolute atomic E-state index is 11.0. The molecule has 1 N–H and O–H groups in total. The summed E-state index contributed by atoms with van der Waals surface area (Å²) in [6, 6.07) is 10.5. The molecule has 0 spiro atoms. The van der Waals surface area contributed by atoms with Crippen molar-refractivity contribution < 1.29 is 9.90 Å². The van der Waals surface area contributed by atoms with E-state index in [1.54, 1.807) is 41.1 Å². The molecule has 0 aliphatic heterocycles. The Morgan fingerprint density at radius 2 is 1.89 bits per heavy atom. The van der Waals surface area contributed by atoms with Gasteiger partial charge in [-0.2, -0.15) is 0 Å². The van der Waals surface area contributed by atoms with E-state index in [4.69, 9.17) is 16.7 Å². The van der Waals surface area contributed by atoms with Crippen molar-refractivity contribution in [2.24, 2.45) is 0 Å². The molecule has 0 saturated carbocycles. The van der Waals surface area contributed by atoms with E-state index in [0.29, 0.717) is 10.8 Å². The Labute approximate surface area is 113 Å². The quantitative estimate of drug-likeness (QED) is 0.778. The molecule has 4 nitrogen and oxygen atoms in total. The molecule has 0 aliphatic carbocycles. The van der Waals surface area contributed by atoms with Gasteiger partial charge in [0.2, 0.25) is 0 Å². The van der Waals surface area contributed by atoms with Crippen LogP contribution in [0.3, 0.4) is 0 Å². The standard InChI is InChI=1S/C14H9ClN2O2/c15-11-4-1-9(2-5-11)13-16-7-12-6-3-10(14(18)19)8-17(12)13/h1-8H,(H,18,19). The molecule has 0 unspecified atom stereocenters. The third-order valence-corrected chi connectivity index (χ3v) is 3.13. The fraction of sp³-hybridized carbons (Fsp3) is 0. The second-order valence-corrected chi connectivity index (χ2v) is 4.54. The van der Waals surface area contributed by atoms with Crippen LogP contribution >= 0.6 is 11.6 Å². The van der Waals surface area contributed by atoms with Crippen molar-refractivity contribution in [3.63, 3.8) is 0 Å². The first kappa shape index (κ1) is 11.7. The number of carbonyl (C=O) groups is 1. The summed E-state index contributed by atoms with van der Waals surface area (Å²) in [5.74, 6) is -0.271. The fourth-order valence-corrected chi connectivity index (χ4v) is 2.06. The van der Waals surface area contributed by atoms with Crippen molar-refractivity contribution in [3.8, 4) is 11.4 Å². The molecule has 1 aromatic carbocycles. The van der Waals surface area contributed by atoms with Crippen LogP contribution in [-0.2, 0) is 0 Å². The maximum Gasteiger partial charge on any atom is 0.337 e. The molecule has 0 atom stereocenters. The zero-order valence-corrected chi connectivity index (χ0v) is 10.5. The van der Waals surface area contributed by atoms with Gasteiger partial charge in [-0.15, -0.1) is 0 Å². The molecule has 2 heterocycles. The van der Waals surface area contributed by atoms with E-state index in [1.807, 2.05) is 12.1 Å². The van der Waals surface area contributed by atoms with Gasteiger partial charge in [0, 0.05) is 16.8 Å². The molecule has 5 heteroatoms. The topological polar surface area (TPSA) is 54.6 Å². The maximum atomic E-state index is 11.0. The van der Waals surface area contributed by atoms with Crippen molar-refractivity contribution in [3.05, 3.63) is 59.4 Å². The van der Waals surface area contributed by atoms with Crippen LogP contribution in [0.4, 0.5) is 0 Å². The van der Waals surface area contributed by atoms with Crippen LogP contribution in [0, 0.1) is 0 Å². The summed E-state index contributed by atoms with van der Waals surface area (Å²) in [6.07, 6.45) is 3.27. The Kier molecular flexibility index (Phi) is 2.72. The highest BCUT2D eigenvalue weighted by Gasteiger charge is 2.09. The van der Waals surface area contributed by atoms with Crippen molar-refractivity contribution in [2.45, 2.75) is 0 Å². The summed E-state index contributed by atoms with van der Waals surface area (Å²) in [5.41, 5.74) is 1.95. The number of rotatable bonds is 2. The summed E-state index contributed by atoms with van der Waals surface area (Å²) >= 11 is 5.85. The van der Waals surface area contributed by atoms with Crippen molar-refractivity contribution in [1.82, 2.24) is 9.38 Å². The number of halogens is 1. The highest BCUT2D eigenvalue weighted by Crippen LogP contribution is 2.22. The number of carboxylic acid groups (broad SMARTS) is 1. The lowest BCUT2D eigenvalue weighted by Gasteiger charge is -2.03. The van der Waals surface area contributed by atoms with Crippen LogP contribution in [0.1, 0.15) is 10.4 Å². The summed E-state index contributed by atoms with van der Waals surface area (Å²) in [4.78, 5) is 15.3. The Morgan fingerprint density at radius 3 is 2.58 bits per heavy atom. The predicted octanol–water partition coefficient (Wildman–Crippen LogP) is 3.35. The van der Waals surface area contributed by atoms with E-state index in [9.17, 15) is 4.79 Å². The number of hydrogen-bond acceptors (Lipinski definition) is 2. The molecule has 3 aromatic rings. The van der Waals surface area contributed by atoms with Crippen LogP contribution in [0.2, 0.25) is 5.02 Å². The predicted molar refractivity (Wildman–Crippen MR) is 72.6 cm³/mol. The van der Waals surface area contributed by atoms with E-state index in [0.717, 1.165) is 11.1 Å².